The molecule has 2 aromatic rings. The first-order chi connectivity index (χ1) is 20.9. The third-order valence-corrected chi connectivity index (χ3v) is 7.59. The minimum atomic E-state index is -1.05. The lowest BCUT2D eigenvalue weighted by atomic mass is 9.84. The Hall–Kier alpha value is -3.35. The fourth-order valence-electron chi connectivity index (χ4n) is 5.53. The summed E-state index contributed by atoms with van der Waals surface area (Å²) in [6, 6.07) is 13.7. The lowest BCUT2D eigenvalue weighted by Gasteiger charge is -2.43. The number of fused-ring (bicyclic) bond motifs is 1. The molecular formula is C32H44N2O9. The van der Waals surface area contributed by atoms with Crippen LogP contribution in [0.5, 0.6) is 11.5 Å². The summed E-state index contributed by atoms with van der Waals surface area (Å²) in [5.41, 5.74) is 2.89. The van der Waals surface area contributed by atoms with Gasteiger partial charge in [-0.2, -0.15) is 0 Å². The van der Waals surface area contributed by atoms with E-state index in [2.05, 4.69) is 17.5 Å². The molecule has 2 aliphatic rings. The van der Waals surface area contributed by atoms with Crippen molar-refractivity contribution in [1.82, 2.24) is 4.90 Å². The Kier molecular flexibility index (Phi) is 12.5. The molecule has 4 atom stereocenters. The molecule has 2 N–H and O–H groups in total. The Morgan fingerprint density at radius 2 is 1.86 bits per heavy atom. The Morgan fingerprint density at radius 3 is 2.56 bits per heavy atom. The number of likely N-dealkylation sites (tertiary alicyclic amines) is 1. The number of benzene rings is 2. The smallest absolute Gasteiger partial charge is 0.407 e. The largest absolute Gasteiger partial charge is 0.490 e. The lowest BCUT2D eigenvalue weighted by molar-refractivity contribution is -0.107. The Balaban J connectivity index is 1.56. The zero-order valence-corrected chi connectivity index (χ0v) is 25.1. The summed E-state index contributed by atoms with van der Waals surface area (Å²) in [6.07, 6.45) is -0.383. The third-order valence-electron chi connectivity index (χ3n) is 7.59. The molecule has 1 unspecified atom stereocenters. The number of ether oxygens (including phenoxy) is 6. The molecule has 2 aromatic carbocycles. The number of carboxylic acid groups (broad SMARTS) is 1. The number of methoxy groups -OCH3 is 2. The van der Waals surface area contributed by atoms with Gasteiger partial charge in [0.2, 0.25) is 0 Å². The highest BCUT2D eigenvalue weighted by atomic mass is 16.5. The molecule has 1 amide bonds. The maximum absolute atomic E-state index is 12.1. The second-order valence-corrected chi connectivity index (χ2v) is 10.7. The first kappa shape index (κ1) is 32.6. The van der Waals surface area contributed by atoms with E-state index in [1.165, 1.54) is 12.0 Å². The Bertz CT molecular complexity index is 1160. The maximum Gasteiger partial charge on any atom is 0.407 e. The van der Waals surface area contributed by atoms with Crippen molar-refractivity contribution >= 4 is 11.8 Å². The predicted molar refractivity (Wildman–Crippen MR) is 161 cm³/mol. The average Bonchev–Trinajstić information content (AvgIpc) is 3.02. The molecule has 43 heavy (non-hydrogen) atoms. The summed E-state index contributed by atoms with van der Waals surface area (Å²) in [6.45, 7) is 7.73. The molecular weight excluding hydrogens is 556 g/mol. The van der Waals surface area contributed by atoms with Crippen LogP contribution in [0.1, 0.15) is 23.5 Å². The van der Waals surface area contributed by atoms with E-state index in [0.29, 0.717) is 25.6 Å². The van der Waals surface area contributed by atoms with Crippen molar-refractivity contribution in [1.29, 1.82) is 0 Å². The van der Waals surface area contributed by atoms with Crippen molar-refractivity contribution in [2.75, 3.05) is 78.3 Å². The minimum absolute atomic E-state index is 0.000552. The molecule has 2 aliphatic heterocycles. The molecule has 0 saturated carbocycles. The van der Waals surface area contributed by atoms with Gasteiger partial charge in [0.15, 0.2) is 0 Å². The Labute approximate surface area is 253 Å². The molecule has 0 radical (unpaired) electrons. The summed E-state index contributed by atoms with van der Waals surface area (Å²) < 4.78 is 34.5. The van der Waals surface area contributed by atoms with Crippen molar-refractivity contribution in [2.45, 2.75) is 37.3 Å². The van der Waals surface area contributed by atoms with E-state index in [4.69, 9.17) is 28.4 Å². The molecule has 2 heterocycles. The van der Waals surface area contributed by atoms with Gasteiger partial charge in [-0.3, -0.25) is 0 Å². The topological polar surface area (TPSA) is 119 Å². The molecule has 4 rings (SSSR count). The number of aliphatic hydroxyl groups excluding tert-OH is 1. The van der Waals surface area contributed by atoms with Crippen LogP contribution in [0.2, 0.25) is 0 Å². The predicted octanol–water partition coefficient (Wildman–Crippen LogP) is 3.54. The number of rotatable bonds is 16. The fraction of sp³-hybridized carbons (Fsp3) is 0.531. The van der Waals surface area contributed by atoms with Crippen molar-refractivity contribution in [2.24, 2.45) is 0 Å². The van der Waals surface area contributed by atoms with Gasteiger partial charge in [0, 0.05) is 33.3 Å². The zero-order valence-electron chi connectivity index (χ0n) is 25.1. The van der Waals surface area contributed by atoms with Gasteiger partial charge in [-0.25, -0.2) is 4.79 Å². The molecule has 1 saturated heterocycles. The lowest BCUT2D eigenvalue weighted by Crippen LogP contribution is -2.54. The number of nitrogens with zero attached hydrogens (tertiary/aromatic N) is 2. The standard InChI is InChI=1S/C32H44N2O9/c1-4-14-40-26-9-7-24(8-10-26)31-29(18-34(32(36)37)19-30(31)43-22-25(35)21-39-3)42-20-23-6-11-28-27(17-23)33(13-16-41-28)12-5-15-38-2/h4,6-11,17,25,29-31,35H,1,5,12-16,18-22H2,2-3H3,(H,36,37)/t25?,29-,30+,31+/m0/s1. The Morgan fingerprint density at radius 1 is 1.09 bits per heavy atom. The molecule has 0 bridgehead atoms. The van der Waals surface area contributed by atoms with Crippen LogP contribution >= 0.6 is 0 Å². The fourth-order valence-corrected chi connectivity index (χ4v) is 5.53. The highest BCUT2D eigenvalue weighted by Gasteiger charge is 2.41. The first-order valence-electron chi connectivity index (χ1n) is 14.6. The molecule has 11 heteroatoms. The number of anilines is 1. The molecule has 0 spiro atoms. The second kappa shape index (κ2) is 16.5. The van der Waals surface area contributed by atoms with Gasteiger partial charge in [0.1, 0.15) is 30.8 Å². The van der Waals surface area contributed by atoms with Gasteiger partial charge in [-0.05, 0) is 41.8 Å². The van der Waals surface area contributed by atoms with E-state index in [0.717, 1.165) is 42.1 Å². The SMILES string of the molecule is C=CCOc1ccc([C@@H]2[C@@H](OCc3ccc4c(c3)N(CCCOC)CCO4)CN(C(=O)O)C[C@H]2OCC(O)COC)cc1. The van der Waals surface area contributed by atoms with Gasteiger partial charge < -0.3 is 48.4 Å². The molecule has 11 nitrogen and oxygen atoms in total. The second-order valence-electron chi connectivity index (χ2n) is 10.7. The van der Waals surface area contributed by atoms with Gasteiger partial charge in [0.25, 0.3) is 0 Å². The zero-order chi connectivity index (χ0) is 30.6. The van der Waals surface area contributed by atoms with E-state index in [1.807, 2.05) is 36.4 Å². The third kappa shape index (κ3) is 9.07. The van der Waals surface area contributed by atoms with E-state index < -0.39 is 24.4 Å². The van der Waals surface area contributed by atoms with Crippen LogP contribution in [0, 0.1) is 0 Å². The van der Waals surface area contributed by atoms with Gasteiger partial charge >= 0.3 is 6.09 Å². The highest BCUT2D eigenvalue weighted by molar-refractivity contribution is 5.65. The van der Waals surface area contributed by atoms with Gasteiger partial charge in [-0.1, -0.05) is 30.9 Å². The van der Waals surface area contributed by atoms with Gasteiger partial charge in [0.05, 0.1) is 57.4 Å². The van der Waals surface area contributed by atoms with Crippen molar-refractivity contribution < 1.29 is 43.4 Å². The number of piperidine rings is 1. The van der Waals surface area contributed by atoms with Crippen molar-refractivity contribution in [3.05, 3.63) is 66.2 Å². The van der Waals surface area contributed by atoms with Crippen molar-refractivity contribution in [3.8, 4) is 11.5 Å². The normalized spacial score (nSPS) is 20.7. The van der Waals surface area contributed by atoms with E-state index in [-0.39, 0.29) is 38.8 Å². The van der Waals surface area contributed by atoms with Crippen LogP contribution in [0.25, 0.3) is 0 Å². The van der Waals surface area contributed by atoms with Crippen LogP contribution in [0.3, 0.4) is 0 Å². The summed E-state index contributed by atoms with van der Waals surface area (Å²) in [7, 11) is 3.21. The molecule has 0 aromatic heterocycles. The van der Waals surface area contributed by atoms with E-state index in [9.17, 15) is 15.0 Å². The molecule has 0 aliphatic carbocycles. The summed E-state index contributed by atoms with van der Waals surface area (Å²) in [5.74, 6) is 1.23. The monoisotopic (exact) mass is 600 g/mol. The van der Waals surface area contributed by atoms with Crippen LogP contribution in [-0.2, 0) is 25.6 Å². The van der Waals surface area contributed by atoms with Crippen LogP contribution < -0.4 is 14.4 Å². The van der Waals surface area contributed by atoms with Crippen molar-refractivity contribution in [3.63, 3.8) is 0 Å². The number of hydrogen-bond acceptors (Lipinski definition) is 9. The summed E-state index contributed by atoms with van der Waals surface area (Å²) in [4.78, 5) is 15.8. The molecule has 1 fully saturated rings. The van der Waals surface area contributed by atoms with E-state index >= 15 is 0 Å². The average molecular weight is 601 g/mol. The first-order valence-corrected chi connectivity index (χ1v) is 14.6. The van der Waals surface area contributed by atoms with Crippen LogP contribution in [0.4, 0.5) is 10.5 Å². The van der Waals surface area contributed by atoms with E-state index in [1.54, 1.807) is 13.2 Å². The summed E-state index contributed by atoms with van der Waals surface area (Å²) >= 11 is 0. The van der Waals surface area contributed by atoms with Crippen LogP contribution in [0.15, 0.2) is 55.1 Å². The number of carbonyl (C=O) groups is 1. The minimum Gasteiger partial charge on any atom is -0.490 e. The van der Waals surface area contributed by atoms with Crippen LogP contribution in [-0.4, -0.2) is 113 Å². The number of hydrogen-bond donors (Lipinski definition) is 2. The quantitative estimate of drug-likeness (QED) is 0.219. The number of amides is 1. The number of aliphatic hydroxyl groups is 1. The van der Waals surface area contributed by atoms with Gasteiger partial charge in [-0.15, -0.1) is 0 Å². The molecule has 236 valence electrons. The maximum atomic E-state index is 12.1. The summed E-state index contributed by atoms with van der Waals surface area (Å²) in [5, 5.41) is 20.2. The highest BCUT2D eigenvalue weighted by Crippen LogP contribution is 2.36.